The van der Waals surface area contributed by atoms with Crippen LogP contribution in [0.5, 0.6) is 0 Å². The molecule has 4 aliphatic carbocycles. The molecule has 5 unspecified atom stereocenters. The monoisotopic (exact) mass is 381 g/mol. The van der Waals surface area contributed by atoms with Crippen molar-refractivity contribution in [2.45, 2.75) is 57.0 Å². The molecule has 3 bridgehead atoms. The first-order chi connectivity index (χ1) is 13.2. The molecule has 6 nitrogen and oxygen atoms in total. The van der Waals surface area contributed by atoms with Crippen LogP contribution in [0.3, 0.4) is 0 Å². The van der Waals surface area contributed by atoms with Crippen LogP contribution in [-0.2, 0) is 19.0 Å². The number of hydrogen-bond acceptors (Lipinski definition) is 5. The van der Waals surface area contributed by atoms with Crippen LogP contribution in [0.2, 0.25) is 0 Å². The van der Waals surface area contributed by atoms with Crippen LogP contribution >= 0.6 is 0 Å². The Bertz CT molecular complexity index is 523. The van der Waals surface area contributed by atoms with Gasteiger partial charge < -0.3 is 24.6 Å². The maximum atomic E-state index is 11.3. The lowest BCUT2D eigenvalue weighted by Crippen LogP contribution is -2.59. The summed E-state index contributed by atoms with van der Waals surface area (Å²) in [6, 6.07) is 0. The van der Waals surface area contributed by atoms with Crippen LogP contribution in [-0.4, -0.2) is 62.8 Å². The molecule has 0 aromatic carbocycles. The molecule has 0 aromatic rings. The third-order valence-electron chi connectivity index (χ3n) is 7.58. The summed E-state index contributed by atoms with van der Waals surface area (Å²) in [6.45, 7) is 3.47. The number of fused-ring (bicyclic) bond motifs is 2. The second kappa shape index (κ2) is 8.36. The van der Waals surface area contributed by atoms with Crippen molar-refractivity contribution in [3.8, 4) is 0 Å². The number of hydrogen-bond donors (Lipinski definition) is 2. The maximum Gasteiger partial charge on any atom is 0.220 e. The van der Waals surface area contributed by atoms with Gasteiger partial charge in [-0.15, -0.1) is 0 Å². The highest BCUT2D eigenvalue weighted by Gasteiger charge is 2.75. The Balaban J connectivity index is 1.02. The Kier molecular flexibility index (Phi) is 6.07. The van der Waals surface area contributed by atoms with Crippen LogP contribution in [0.1, 0.15) is 51.4 Å². The van der Waals surface area contributed by atoms with Gasteiger partial charge in [0.15, 0.2) is 0 Å². The number of rotatable bonds is 13. The third-order valence-corrected chi connectivity index (χ3v) is 7.58. The Hall–Kier alpha value is -0.690. The van der Waals surface area contributed by atoms with E-state index < -0.39 is 0 Å². The van der Waals surface area contributed by atoms with Gasteiger partial charge >= 0.3 is 0 Å². The molecular weight excluding hydrogens is 346 g/mol. The second-order valence-electron chi connectivity index (χ2n) is 9.12. The van der Waals surface area contributed by atoms with Crippen LogP contribution in [0.15, 0.2) is 0 Å². The lowest BCUT2D eigenvalue weighted by molar-refractivity contribution is -0.217. The minimum absolute atomic E-state index is 0.0388. The topological polar surface area (TPSA) is 77.0 Å². The van der Waals surface area contributed by atoms with Crippen LogP contribution < -0.4 is 5.32 Å². The highest BCUT2D eigenvalue weighted by Crippen LogP contribution is 2.78. The van der Waals surface area contributed by atoms with Gasteiger partial charge in [-0.05, 0) is 62.7 Å². The zero-order valence-electron chi connectivity index (χ0n) is 16.4. The molecule has 0 aliphatic heterocycles. The number of carbonyl (C=O) groups is 1. The summed E-state index contributed by atoms with van der Waals surface area (Å²) >= 11 is 0. The smallest absolute Gasteiger partial charge is 0.220 e. The van der Waals surface area contributed by atoms with E-state index in [1.807, 2.05) is 0 Å². The van der Waals surface area contributed by atoms with Crippen molar-refractivity contribution in [2.24, 2.45) is 23.2 Å². The van der Waals surface area contributed by atoms with E-state index in [0.717, 1.165) is 17.8 Å². The zero-order chi connectivity index (χ0) is 18.7. The molecule has 0 saturated heterocycles. The van der Waals surface area contributed by atoms with Crippen molar-refractivity contribution in [1.82, 2.24) is 5.32 Å². The SMILES string of the molecule is O=C(CCCO)NCCOCCOCCOC12CC3CC4CC(C1)C2(C4)C3. The van der Waals surface area contributed by atoms with Crippen molar-refractivity contribution >= 4 is 5.91 Å². The van der Waals surface area contributed by atoms with Crippen molar-refractivity contribution < 1.29 is 24.1 Å². The quantitative estimate of drug-likeness (QED) is 0.477. The Labute approximate surface area is 162 Å². The van der Waals surface area contributed by atoms with Gasteiger partial charge in [0.2, 0.25) is 5.91 Å². The first kappa shape index (κ1) is 19.6. The van der Waals surface area contributed by atoms with Gasteiger partial charge in [0.05, 0.1) is 38.6 Å². The van der Waals surface area contributed by atoms with Gasteiger partial charge in [-0.2, -0.15) is 0 Å². The van der Waals surface area contributed by atoms with Crippen molar-refractivity contribution in [1.29, 1.82) is 0 Å². The molecule has 5 atom stereocenters. The minimum atomic E-state index is -0.0388. The molecule has 1 amide bonds. The average Bonchev–Trinajstić information content (AvgIpc) is 2.97. The van der Waals surface area contributed by atoms with E-state index in [-0.39, 0.29) is 18.1 Å². The second-order valence-corrected chi connectivity index (χ2v) is 9.12. The molecule has 0 aromatic heterocycles. The first-order valence-electron chi connectivity index (χ1n) is 10.8. The molecule has 154 valence electrons. The maximum absolute atomic E-state index is 11.3. The molecule has 4 aliphatic rings. The fourth-order valence-electron chi connectivity index (χ4n) is 6.76. The van der Waals surface area contributed by atoms with Crippen molar-refractivity contribution in [3.63, 3.8) is 0 Å². The van der Waals surface area contributed by atoms with Gasteiger partial charge in [-0.1, -0.05) is 0 Å². The summed E-state index contributed by atoms with van der Waals surface area (Å²) in [6.07, 6.45) is 9.26. The van der Waals surface area contributed by atoms with E-state index in [4.69, 9.17) is 19.3 Å². The normalized spacial score (nSPS) is 38.0. The predicted octanol–water partition coefficient (Wildman–Crippen LogP) is 1.89. The number of aliphatic hydroxyl groups is 1. The van der Waals surface area contributed by atoms with E-state index in [0.29, 0.717) is 57.8 Å². The highest BCUT2D eigenvalue weighted by molar-refractivity contribution is 5.75. The van der Waals surface area contributed by atoms with E-state index in [1.54, 1.807) is 0 Å². The molecular formula is C21H35NO5. The number of nitrogens with one attached hydrogen (secondary N) is 1. The van der Waals surface area contributed by atoms with Gasteiger partial charge in [0.1, 0.15) is 0 Å². The molecule has 27 heavy (non-hydrogen) atoms. The van der Waals surface area contributed by atoms with E-state index in [9.17, 15) is 4.79 Å². The van der Waals surface area contributed by atoms with Crippen molar-refractivity contribution in [2.75, 3.05) is 46.2 Å². The van der Waals surface area contributed by atoms with Gasteiger partial charge in [0, 0.05) is 25.0 Å². The number of ether oxygens (including phenoxy) is 3. The molecule has 4 fully saturated rings. The molecule has 4 rings (SSSR count). The van der Waals surface area contributed by atoms with E-state index >= 15 is 0 Å². The van der Waals surface area contributed by atoms with Gasteiger partial charge in [-0.25, -0.2) is 0 Å². The Morgan fingerprint density at radius 2 is 1.74 bits per heavy atom. The summed E-state index contributed by atoms with van der Waals surface area (Å²) < 4.78 is 17.6. The molecule has 6 heteroatoms. The minimum Gasteiger partial charge on any atom is -0.396 e. The highest BCUT2D eigenvalue weighted by atomic mass is 16.6. The third kappa shape index (κ3) is 3.78. The summed E-state index contributed by atoms with van der Waals surface area (Å²) in [5.74, 6) is 2.83. The summed E-state index contributed by atoms with van der Waals surface area (Å²) in [5, 5.41) is 11.4. The summed E-state index contributed by atoms with van der Waals surface area (Å²) in [4.78, 5) is 11.3. The predicted molar refractivity (Wildman–Crippen MR) is 100 cm³/mol. The van der Waals surface area contributed by atoms with E-state index in [1.165, 1.54) is 38.5 Å². The zero-order valence-corrected chi connectivity index (χ0v) is 16.4. The number of amides is 1. The van der Waals surface area contributed by atoms with Gasteiger partial charge in [-0.3, -0.25) is 4.79 Å². The molecule has 2 N–H and O–H groups in total. The summed E-state index contributed by atoms with van der Waals surface area (Å²) in [5.41, 5.74) is 0.743. The number of aliphatic hydroxyl groups excluding tert-OH is 1. The fraction of sp³-hybridized carbons (Fsp3) is 0.952. The van der Waals surface area contributed by atoms with E-state index in [2.05, 4.69) is 5.32 Å². The Morgan fingerprint density at radius 3 is 2.59 bits per heavy atom. The van der Waals surface area contributed by atoms with Crippen LogP contribution in [0.25, 0.3) is 0 Å². The largest absolute Gasteiger partial charge is 0.396 e. The first-order valence-corrected chi connectivity index (χ1v) is 10.8. The fourth-order valence-corrected chi connectivity index (χ4v) is 6.76. The molecule has 0 heterocycles. The summed E-state index contributed by atoms with van der Waals surface area (Å²) in [7, 11) is 0. The molecule has 0 radical (unpaired) electrons. The molecule has 1 spiro atoms. The standard InChI is InChI=1S/C21H35NO5/c23-4-1-2-19(24)22-3-5-25-6-7-26-8-9-27-21-14-17-10-16-11-18(15-21)20(21,12-16)13-17/h16-18,23H,1-15H2,(H,22,24). The van der Waals surface area contributed by atoms with Crippen LogP contribution in [0.4, 0.5) is 0 Å². The average molecular weight is 382 g/mol. The van der Waals surface area contributed by atoms with Gasteiger partial charge in [0.25, 0.3) is 0 Å². The molecule has 4 saturated carbocycles. The van der Waals surface area contributed by atoms with Crippen LogP contribution in [0, 0.1) is 23.2 Å². The number of carbonyl (C=O) groups excluding carboxylic acids is 1. The van der Waals surface area contributed by atoms with Crippen molar-refractivity contribution in [3.05, 3.63) is 0 Å². The lowest BCUT2D eigenvalue weighted by Gasteiger charge is -2.58. The Morgan fingerprint density at radius 1 is 0.963 bits per heavy atom. The lowest BCUT2D eigenvalue weighted by atomic mass is 9.52.